The standard InChI is InChI=1S/C21H29N5O3/c27-20(22-8-12-24-13-15-29-16-14-24)18-17-7-3-6-11-26(17)19(23-18)21(28)25-9-4-1-2-5-10-25/h3,6-7,11H,1-2,4-5,8-10,12-16H2,(H,22,27). The zero-order valence-electron chi connectivity index (χ0n) is 16.8. The van der Waals surface area contributed by atoms with Crippen LogP contribution in [-0.4, -0.2) is 83.5 Å². The number of hydrogen-bond donors (Lipinski definition) is 1. The molecule has 2 amide bonds. The van der Waals surface area contributed by atoms with Crippen molar-refractivity contribution in [2.75, 3.05) is 52.5 Å². The third kappa shape index (κ3) is 4.59. The van der Waals surface area contributed by atoms with Gasteiger partial charge in [-0.25, -0.2) is 4.98 Å². The maximum absolute atomic E-state index is 13.1. The van der Waals surface area contributed by atoms with Crippen molar-refractivity contribution in [1.29, 1.82) is 0 Å². The van der Waals surface area contributed by atoms with Gasteiger partial charge in [-0.3, -0.25) is 18.9 Å². The predicted octanol–water partition coefficient (Wildman–Crippen LogP) is 1.41. The van der Waals surface area contributed by atoms with Gasteiger partial charge in [-0.1, -0.05) is 18.9 Å². The summed E-state index contributed by atoms with van der Waals surface area (Å²) < 4.78 is 7.09. The summed E-state index contributed by atoms with van der Waals surface area (Å²) in [5.74, 6) is -0.0156. The first-order chi connectivity index (χ1) is 14.2. The Bertz CT molecular complexity index is 851. The zero-order valence-corrected chi connectivity index (χ0v) is 16.8. The van der Waals surface area contributed by atoms with E-state index >= 15 is 0 Å². The number of ether oxygens (including phenoxy) is 1. The van der Waals surface area contributed by atoms with Crippen molar-refractivity contribution in [3.8, 4) is 0 Å². The number of hydrogen-bond acceptors (Lipinski definition) is 5. The van der Waals surface area contributed by atoms with Crippen molar-refractivity contribution < 1.29 is 14.3 Å². The monoisotopic (exact) mass is 399 g/mol. The minimum atomic E-state index is -0.239. The Morgan fingerprint density at radius 3 is 2.55 bits per heavy atom. The van der Waals surface area contributed by atoms with E-state index in [1.54, 1.807) is 10.6 Å². The zero-order chi connectivity index (χ0) is 20.1. The van der Waals surface area contributed by atoms with E-state index in [1.807, 2.05) is 23.1 Å². The van der Waals surface area contributed by atoms with Crippen LogP contribution in [0.5, 0.6) is 0 Å². The van der Waals surface area contributed by atoms with Crippen molar-refractivity contribution in [2.24, 2.45) is 0 Å². The highest BCUT2D eigenvalue weighted by atomic mass is 16.5. The third-order valence-corrected chi connectivity index (χ3v) is 5.67. The van der Waals surface area contributed by atoms with Gasteiger partial charge >= 0.3 is 0 Å². The number of amides is 2. The molecule has 4 heterocycles. The van der Waals surface area contributed by atoms with Crippen LogP contribution in [0.4, 0.5) is 0 Å². The van der Waals surface area contributed by atoms with Crippen LogP contribution in [-0.2, 0) is 4.74 Å². The van der Waals surface area contributed by atoms with Crippen molar-refractivity contribution in [3.63, 3.8) is 0 Å². The normalized spacial score (nSPS) is 18.6. The van der Waals surface area contributed by atoms with Gasteiger partial charge in [-0.2, -0.15) is 0 Å². The maximum atomic E-state index is 13.1. The van der Waals surface area contributed by atoms with Crippen LogP contribution in [0.1, 0.15) is 46.8 Å². The lowest BCUT2D eigenvalue weighted by Crippen LogP contribution is -2.41. The molecule has 0 aromatic carbocycles. The molecule has 0 bridgehead atoms. The lowest BCUT2D eigenvalue weighted by atomic mass is 10.2. The fourth-order valence-electron chi connectivity index (χ4n) is 4.01. The molecule has 0 saturated carbocycles. The van der Waals surface area contributed by atoms with Crippen LogP contribution in [0.25, 0.3) is 5.52 Å². The Balaban J connectivity index is 1.49. The summed E-state index contributed by atoms with van der Waals surface area (Å²) in [7, 11) is 0. The molecule has 4 rings (SSSR count). The number of imidazole rings is 1. The number of morpholine rings is 1. The van der Waals surface area contributed by atoms with E-state index in [0.29, 0.717) is 23.6 Å². The van der Waals surface area contributed by atoms with Gasteiger partial charge < -0.3 is 15.0 Å². The molecule has 0 atom stereocenters. The number of nitrogens with zero attached hydrogens (tertiary/aromatic N) is 4. The molecule has 29 heavy (non-hydrogen) atoms. The van der Waals surface area contributed by atoms with Crippen LogP contribution in [0.15, 0.2) is 24.4 Å². The van der Waals surface area contributed by atoms with Gasteiger partial charge in [0.05, 0.1) is 18.7 Å². The van der Waals surface area contributed by atoms with Crippen LogP contribution < -0.4 is 5.32 Å². The topological polar surface area (TPSA) is 79.2 Å². The SMILES string of the molecule is O=C(NCCN1CCOCC1)c1nc(C(=O)N2CCCCCC2)n2ccccc12. The van der Waals surface area contributed by atoms with Crippen molar-refractivity contribution in [1.82, 2.24) is 24.5 Å². The average molecular weight is 399 g/mol. The van der Waals surface area contributed by atoms with Gasteiger partial charge in [0.25, 0.3) is 11.8 Å². The first-order valence-electron chi connectivity index (χ1n) is 10.6. The molecule has 0 spiro atoms. The Morgan fingerprint density at radius 2 is 1.79 bits per heavy atom. The fraction of sp³-hybridized carbons (Fsp3) is 0.571. The van der Waals surface area contributed by atoms with Gasteiger partial charge in [-0.05, 0) is 25.0 Å². The van der Waals surface area contributed by atoms with E-state index in [4.69, 9.17) is 4.74 Å². The first-order valence-corrected chi connectivity index (χ1v) is 10.6. The molecule has 2 saturated heterocycles. The van der Waals surface area contributed by atoms with Crippen molar-refractivity contribution in [2.45, 2.75) is 25.7 Å². The van der Waals surface area contributed by atoms with E-state index in [2.05, 4.69) is 15.2 Å². The quantitative estimate of drug-likeness (QED) is 0.823. The van der Waals surface area contributed by atoms with Gasteiger partial charge in [0.2, 0.25) is 5.82 Å². The molecule has 2 aromatic rings. The Kier molecular flexibility index (Phi) is 6.41. The van der Waals surface area contributed by atoms with Gasteiger partial charge in [0.1, 0.15) is 0 Å². The number of nitrogens with one attached hydrogen (secondary N) is 1. The fourth-order valence-corrected chi connectivity index (χ4v) is 4.01. The molecular weight excluding hydrogens is 370 g/mol. The third-order valence-electron chi connectivity index (χ3n) is 5.67. The predicted molar refractivity (Wildman–Crippen MR) is 109 cm³/mol. The number of fused-ring (bicyclic) bond motifs is 1. The van der Waals surface area contributed by atoms with Crippen LogP contribution in [0.2, 0.25) is 0 Å². The van der Waals surface area contributed by atoms with Gasteiger partial charge in [-0.15, -0.1) is 0 Å². The molecule has 0 aliphatic carbocycles. The van der Waals surface area contributed by atoms with E-state index in [9.17, 15) is 9.59 Å². The van der Waals surface area contributed by atoms with Crippen molar-refractivity contribution in [3.05, 3.63) is 35.9 Å². The minimum Gasteiger partial charge on any atom is -0.379 e. The summed E-state index contributed by atoms with van der Waals surface area (Å²) in [6.07, 6.45) is 6.15. The molecule has 2 aliphatic heterocycles. The Morgan fingerprint density at radius 1 is 1.03 bits per heavy atom. The molecule has 1 N–H and O–H groups in total. The van der Waals surface area contributed by atoms with Gasteiger partial charge in [0.15, 0.2) is 5.69 Å². The minimum absolute atomic E-state index is 0.0968. The summed E-state index contributed by atoms with van der Waals surface area (Å²) in [6.45, 7) is 6.07. The Hall–Kier alpha value is -2.45. The largest absolute Gasteiger partial charge is 0.379 e. The summed E-state index contributed by atoms with van der Waals surface area (Å²) in [5.41, 5.74) is 0.972. The van der Waals surface area contributed by atoms with E-state index < -0.39 is 0 Å². The first kappa shape index (κ1) is 19.8. The van der Waals surface area contributed by atoms with Crippen molar-refractivity contribution >= 4 is 17.3 Å². The summed E-state index contributed by atoms with van der Waals surface area (Å²) in [5, 5.41) is 2.96. The molecule has 8 nitrogen and oxygen atoms in total. The number of rotatable bonds is 5. The number of carbonyl (C=O) groups is 2. The Labute approximate surface area is 170 Å². The maximum Gasteiger partial charge on any atom is 0.290 e. The van der Waals surface area contributed by atoms with Gasteiger partial charge in [0, 0.05) is 45.5 Å². The molecule has 2 fully saturated rings. The lowest BCUT2D eigenvalue weighted by molar-refractivity contribution is 0.0383. The number of likely N-dealkylation sites (tertiary alicyclic amines) is 1. The summed E-state index contributed by atoms with van der Waals surface area (Å²) >= 11 is 0. The highest BCUT2D eigenvalue weighted by molar-refractivity contribution is 6.02. The average Bonchev–Trinajstić information content (AvgIpc) is 2.93. The molecule has 0 radical (unpaired) electrons. The number of carbonyl (C=O) groups excluding carboxylic acids is 2. The van der Waals surface area contributed by atoms with E-state index in [1.165, 1.54) is 0 Å². The second-order valence-electron chi connectivity index (χ2n) is 7.66. The molecule has 156 valence electrons. The summed E-state index contributed by atoms with van der Waals surface area (Å²) in [4.78, 5) is 34.6. The lowest BCUT2D eigenvalue weighted by Gasteiger charge is -2.26. The second-order valence-corrected chi connectivity index (χ2v) is 7.66. The molecule has 2 aromatic heterocycles. The molecule has 0 unspecified atom stereocenters. The van der Waals surface area contributed by atoms with Crippen LogP contribution >= 0.6 is 0 Å². The highest BCUT2D eigenvalue weighted by Crippen LogP contribution is 2.17. The van der Waals surface area contributed by atoms with E-state index in [-0.39, 0.29) is 11.8 Å². The number of aromatic nitrogens is 2. The molecule has 2 aliphatic rings. The highest BCUT2D eigenvalue weighted by Gasteiger charge is 2.25. The summed E-state index contributed by atoms with van der Waals surface area (Å²) in [6, 6.07) is 5.55. The van der Waals surface area contributed by atoms with Crippen LogP contribution in [0, 0.1) is 0 Å². The smallest absolute Gasteiger partial charge is 0.290 e. The van der Waals surface area contributed by atoms with Crippen LogP contribution in [0.3, 0.4) is 0 Å². The second kappa shape index (κ2) is 9.37. The number of pyridine rings is 1. The molecular formula is C21H29N5O3. The van der Waals surface area contributed by atoms with E-state index in [0.717, 1.165) is 71.6 Å². The molecule has 8 heteroatoms.